The summed E-state index contributed by atoms with van der Waals surface area (Å²) in [5.41, 5.74) is 1.84. The standard InChI is InChI=1S/C16H17NO4S/c1-12-2-5-14(6-3-12)22(18,19)17-11-13-4-7-15-16(10-13)21-9-8-20-15/h2-7,10,17H,8-9,11H2,1H3. The maximum Gasteiger partial charge on any atom is 0.240 e. The summed E-state index contributed by atoms with van der Waals surface area (Å²) in [4.78, 5) is 0.260. The molecule has 0 atom stereocenters. The third-order valence-corrected chi connectivity index (χ3v) is 4.82. The Hall–Kier alpha value is -2.05. The molecule has 1 N–H and O–H groups in total. The average Bonchev–Trinajstić information content (AvgIpc) is 2.53. The number of hydrogen-bond donors (Lipinski definition) is 1. The van der Waals surface area contributed by atoms with Gasteiger partial charge < -0.3 is 9.47 Å². The molecular formula is C16H17NO4S. The Morgan fingerprint density at radius 1 is 1.00 bits per heavy atom. The van der Waals surface area contributed by atoms with Crippen LogP contribution in [0.15, 0.2) is 47.4 Å². The molecule has 0 amide bonds. The van der Waals surface area contributed by atoms with Crippen LogP contribution in [0.25, 0.3) is 0 Å². The minimum Gasteiger partial charge on any atom is -0.486 e. The molecular weight excluding hydrogens is 302 g/mol. The van der Waals surface area contributed by atoms with E-state index in [1.807, 2.05) is 13.0 Å². The lowest BCUT2D eigenvalue weighted by Gasteiger charge is -2.19. The summed E-state index contributed by atoms with van der Waals surface area (Å²) in [6.07, 6.45) is 0. The van der Waals surface area contributed by atoms with E-state index in [0.717, 1.165) is 11.1 Å². The van der Waals surface area contributed by atoms with Crippen molar-refractivity contribution in [1.29, 1.82) is 0 Å². The van der Waals surface area contributed by atoms with Crippen LogP contribution in [0.2, 0.25) is 0 Å². The van der Waals surface area contributed by atoms with Crippen molar-refractivity contribution < 1.29 is 17.9 Å². The van der Waals surface area contributed by atoms with Crippen molar-refractivity contribution in [2.75, 3.05) is 13.2 Å². The van der Waals surface area contributed by atoms with Crippen molar-refractivity contribution >= 4 is 10.0 Å². The largest absolute Gasteiger partial charge is 0.486 e. The summed E-state index contributed by atoms with van der Waals surface area (Å²) in [6, 6.07) is 12.2. The molecule has 3 rings (SSSR count). The molecule has 0 aromatic heterocycles. The Morgan fingerprint density at radius 2 is 1.68 bits per heavy atom. The number of hydrogen-bond acceptors (Lipinski definition) is 4. The fourth-order valence-electron chi connectivity index (χ4n) is 2.18. The molecule has 0 bridgehead atoms. The SMILES string of the molecule is Cc1ccc(S(=O)(=O)NCc2ccc3c(c2)OCCO3)cc1. The third-order valence-electron chi connectivity index (χ3n) is 3.40. The zero-order chi connectivity index (χ0) is 15.6. The van der Waals surface area contributed by atoms with E-state index in [4.69, 9.17) is 9.47 Å². The number of nitrogens with one attached hydrogen (secondary N) is 1. The van der Waals surface area contributed by atoms with Gasteiger partial charge in [0.15, 0.2) is 11.5 Å². The van der Waals surface area contributed by atoms with Gasteiger partial charge in [-0.25, -0.2) is 13.1 Å². The maximum atomic E-state index is 12.2. The van der Waals surface area contributed by atoms with Crippen LogP contribution in [-0.4, -0.2) is 21.6 Å². The van der Waals surface area contributed by atoms with Crippen molar-refractivity contribution in [2.24, 2.45) is 0 Å². The number of rotatable bonds is 4. The summed E-state index contributed by atoms with van der Waals surface area (Å²) in [6.45, 7) is 3.16. The Balaban J connectivity index is 1.73. The van der Waals surface area contributed by atoms with Gasteiger partial charge >= 0.3 is 0 Å². The highest BCUT2D eigenvalue weighted by atomic mass is 32.2. The van der Waals surface area contributed by atoms with E-state index in [1.54, 1.807) is 36.4 Å². The fraction of sp³-hybridized carbons (Fsp3) is 0.250. The van der Waals surface area contributed by atoms with Crippen LogP contribution in [0.4, 0.5) is 0 Å². The molecule has 0 unspecified atom stereocenters. The first-order valence-corrected chi connectivity index (χ1v) is 8.48. The van der Waals surface area contributed by atoms with E-state index >= 15 is 0 Å². The highest BCUT2D eigenvalue weighted by Gasteiger charge is 2.15. The van der Waals surface area contributed by atoms with Crippen molar-refractivity contribution in [3.05, 3.63) is 53.6 Å². The zero-order valence-electron chi connectivity index (χ0n) is 12.2. The van der Waals surface area contributed by atoms with Gasteiger partial charge in [-0.3, -0.25) is 0 Å². The monoisotopic (exact) mass is 319 g/mol. The molecule has 1 heterocycles. The first-order chi connectivity index (χ1) is 10.5. The van der Waals surface area contributed by atoms with Crippen LogP contribution < -0.4 is 14.2 Å². The lowest BCUT2D eigenvalue weighted by atomic mass is 10.2. The Bertz CT molecular complexity index is 769. The van der Waals surface area contributed by atoms with Gasteiger partial charge in [0.05, 0.1) is 4.90 Å². The molecule has 1 aliphatic rings. The summed E-state index contributed by atoms with van der Waals surface area (Å²) < 4.78 is 38.0. The fourth-order valence-corrected chi connectivity index (χ4v) is 3.19. The second kappa shape index (κ2) is 5.98. The highest BCUT2D eigenvalue weighted by Crippen LogP contribution is 2.30. The van der Waals surface area contributed by atoms with Crippen LogP contribution in [0, 0.1) is 6.92 Å². The predicted octanol–water partition coefficient (Wildman–Crippen LogP) is 2.24. The van der Waals surface area contributed by atoms with Gasteiger partial charge in [-0.1, -0.05) is 23.8 Å². The van der Waals surface area contributed by atoms with E-state index in [0.29, 0.717) is 24.7 Å². The van der Waals surface area contributed by atoms with Gasteiger partial charge in [0.1, 0.15) is 13.2 Å². The normalized spacial score (nSPS) is 13.9. The van der Waals surface area contributed by atoms with Crippen molar-refractivity contribution in [2.45, 2.75) is 18.4 Å². The summed E-state index contributed by atoms with van der Waals surface area (Å²) in [5.74, 6) is 1.34. The molecule has 5 nitrogen and oxygen atoms in total. The highest BCUT2D eigenvalue weighted by molar-refractivity contribution is 7.89. The quantitative estimate of drug-likeness (QED) is 0.939. The zero-order valence-corrected chi connectivity index (χ0v) is 13.0. The van der Waals surface area contributed by atoms with E-state index < -0.39 is 10.0 Å². The smallest absolute Gasteiger partial charge is 0.240 e. The molecule has 0 radical (unpaired) electrons. The van der Waals surface area contributed by atoms with E-state index in [-0.39, 0.29) is 11.4 Å². The number of sulfonamides is 1. The van der Waals surface area contributed by atoms with Crippen molar-refractivity contribution in [1.82, 2.24) is 4.72 Å². The Kier molecular flexibility index (Phi) is 4.04. The summed E-state index contributed by atoms with van der Waals surface area (Å²) in [5, 5.41) is 0. The van der Waals surface area contributed by atoms with E-state index in [9.17, 15) is 8.42 Å². The minimum absolute atomic E-state index is 0.201. The number of aryl methyl sites for hydroxylation is 1. The molecule has 0 saturated carbocycles. The first kappa shape index (κ1) is 14.9. The van der Waals surface area contributed by atoms with Crippen LogP contribution >= 0.6 is 0 Å². The molecule has 2 aromatic carbocycles. The molecule has 1 aliphatic heterocycles. The molecule has 0 saturated heterocycles. The van der Waals surface area contributed by atoms with E-state index in [2.05, 4.69) is 4.72 Å². The predicted molar refractivity (Wildman–Crippen MR) is 82.6 cm³/mol. The summed E-state index contributed by atoms with van der Waals surface area (Å²) >= 11 is 0. The Morgan fingerprint density at radius 3 is 2.41 bits per heavy atom. The van der Waals surface area contributed by atoms with Gasteiger partial charge in [0.25, 0.3) is 0 Å². The van der Waals surface area contributed by atoms with Gasteiger partial charge in [-0.15, -0.1) is 0 Å². The van der Waals surface area contributed by atoms with Gasteiger partial charge in [-0.05, 0) is 36.8 Å². The molecule has 6 heteroatoms. The van der Waals surface area contributed by atoms with Gasteiger partial charge in [-0.2, -0.15) is 0 Å². The van der Waals surface area contributed by atoms with Crippen LogP contribution in [0.5, 0.6) is 11.5 Å². The Labute approximate surface area is 129 Å². The number of ether oxygens (including phenoxy) is 2. The molecule has 0 fully saturated rings. The second-order valence-electron chi connectivity index (χ2n) is 5.12. The van der Waals surface area contributed by atoms with E-state index in [1.165, 1.54) is 0 Å². The topological polar surface area (TPSA) is 64.6 Å². The molecule has 0 aliphatic carbocycles. The molecule has 116 valence electrons. The third kappa shape index (κ3) is 3.23. The van der Waals surface area contributed by atoms with Crippen molar-refractivity contribution in [3.63, 3.8) is 0 Å². The van der Waals surface area contributed by atoms with Crippen LogP contribution in [-0.2, 0) is 16.6 Å². The number of fused-ring (bicyclic) bond motifs is 1. The second-order valence-corrected chi connectivity index (χ2v) is 6.88. The molecule has 2 aromatic rings. The molecule has 22 heavy (non-hydrogen) atoms. The average molecular weight is 319 g/mol. The van der Waals surface area contributed by atoms with Crippen LogP contribution in [0.3, 0.4) is 0 Å². The van der Waals surface area contributed by atoms with Gasteiger partial charge in [0.2, 0.25) is 10.0 Å². The lowest BCUT2D eigenvalue weighted by Crippen LogP contribution is -2.23. The lowest BCUT2D eigenvalue weighted by molar-refractivity contribution is 0.171. The van der Waals surface area contributed by atoms with Gasteiger partial charge in [0, 0.05) is 6.54 Å². The minimum atomic E-state index is -3.52. The van der Waals surface area contributed by atoms with Crippen LogP contribution in [0.1, 0.15) is 11.1 Å². The first-order valence-electron chi connectivity index (χ1n) is 6.99. The summed E-state index contributed by atoms with van der Waals surface area (Å²) in [7, 11) is -3.52. The van der Waals surface area contributed by atoms with Crippen molar-refractivity contribution in [3.8, 4) is 11.5 Å². The molecule has 0 spiro atoms. The maximum absolute atomic E-state index is 12.2. The number of benzene rings is 2.